The summed E-state index contributed by atoms with van der Waals surface area (Å²) in [7, 11) is -2.87. The first-order valence-corrected chi connectivity index (χ1v) is 7.51. The molecule has 10 heteroatoms. The van der Waals surface area contributed by atoms with E-state index in [0.717, 1.165) is 4.90 Å². The number of hydrogen-bond acceptors (Lipinski definition) is 5. The standard InChI is InChI=1S/C9H8Cl3NO5S/c1-13(2-3-19(16,17)18)7-6(12)8(14)4(10)5(11)9(7)15/h2-3H2,1H3,(H,16,17,18). The van der Waals surface area contributed by atoms with E-state index >= 15 is 0 Å². The average Bonchev–Trinajstić information content (AvgIpc) is 2.31. The van der Waals surface area contributed by atoms with Crippen LogP contribution in [-0.2, 0) is 19.7 Å². The van der Waals surface area contributed by atoms with Crippen LogP contribution in [0.3, 0.4) is 0 Å². The van der Waals surface area contributed by atoms with Crippen molar-refractivity contribution in [2.24, 2.45) is 0 Å². The van der Waals surface area contributed by atoms with Crippen molar-refractivity contribution in [2.45, 2.75) is 0 Å². The number of Topliss-reactive ketones (excluding diaryl/α,β-unsaturated/α-hetero) is 2. The van der Waals surface area contributed by atoms with Crippen LogP contribution in [-0.4, -0.2) is 48.8 Å². The molecule has 0 saturated carbocycles. The molecule has 106 valence electrons. The van der Waals surface area contributed by atoms with E-state index in [0.29, 0.717) is 0 Å². The third kappa shape index (κ3) is 3.70. The molecule has 1 aliphatic rings. The van der Waals surface area contributed by atoms with Gasteiger partial charge in [0.25, 0.3) is 10.1 Å². The van der Waals surface area contributed by atoms with Gasteiger partial charge in [0.05, 0.1) is 5.75 Å². The molecule has 0 aromatic heterocycles. The first-order valence-electron chi connectivity index (χ1n) is 4.77. The number of likely N-dealkylation sites (N-methyl/N-ethyl adjacent to an activating group) is 1. The molecule has 1 rings (SSSR count). The number of hydrogen-bond donors (Lipinski definition) is 1. The topological polar surface area (TPSA) is 91.8 Å². The van der Waals surface area contributed by atoms with Gasteiger partial charge in [-0.2, -0.15) is 8.42 Å². The molecule has 0 radical (unpaired) electrons. The van der Waals surface area contributed by atoms with Gasteiger partial charge in [0, 0.05) is 13.6 Å². The Balaban J connectivity index is 3.06. The van der Waals surface area contributed by atoms with Gasteiger partial charge >= 0.3 is 0 Å². The van der Waals surface area contributed by atoms with Crippen molar-refractivity contribution in [3.05, 3.63) is 20.8 Å². The summed E-state index contributed by atoms with van der Waals surface area (Å²) in [6.07, 6.45) is 0. The Hall–Kier alpha value is -0.600. The molecule has 0 bridgehead atoms. The largest absolute Gasteiger partial charge is 0.369 e. The Morgan fingerprint density at radius 2 is 1.53 bits per heavy atom. The Labute approximate surface area is 124 Å². The molecule has 0 unspecified atom stereocenters. The smallest absolute Gasteiger partial charge is 0.266 e. The molecular formula is C9H8Cl3NO5S. The lowest BCUT2D eigenvalue weighted by Crippen LogP contribution is -2.33. The molecular weight excluding hydrogens is 341 g/mol. The minimum Gasteiger partial charge on any atom is -0.369 e. The maximum atomic E-state index is 11.8. The summed E-state index contributed by atoms with van der Waals surface area (Å²) in [4.78, 5) is 24.5. The Morgan fingerprint density at radius 3 is 2.00 bits per heavy atom. The van der Waals surface area contributed by atoms with E-state index in [1.807, 2.05) is 0 Å². The summed E-state index contributed by atoms with van der Waals surface area (Å²) in [6, 6.07) is 0. The third-order valence-electron chi connectivity index (χ3n) is 2.28. The van der Waals surface area contributed by atoms with E-state index < -0.39 is 42.5 Å². The van der Waals surface area contributed by atoms with Gasteiger partial charge in [0.1, 0.15) is 20.8 Å². The summed E-state index contributed by atoms with van der Waals surface area (Å²) >= 11 is 16.8. The number of nitrogens with zero attached hydrogens (tertiary/aromatic N) is 1. The van der Waals surface area contributed by atoms with Gasteiger partial charge < -0.3 is 4.90 Å². The maximum absolute atomic E-state index is 11.8. The number of carbonyl (C=O) groups excluding carboxylic acids is 2. The van der Waals surface area contributed by atoms with Crippen molar-refractivity contribution >= 4 is 56.5 Å². The number of rotatable bonds is 4. The summed E-state index contributed by atoms with van der Waals surface area (Å²) in [5, 5.41) is -1.41. The third-order valence-corrected chi connectivity index (χ3v) is 4.15. The van der Waals surface area contributed by atoms with Crippen LogP contribution < -0.4 is 0 Å². The molecule has 1 aliphatic carbocycles. The van der Waals surface area contributed by atoms with Gasteiger partial charge in [-0.05, 0) is 0 Å². The summed E-state index contributed by atoms with van der Waals surface area (Å²) in [5.41, 5.74) is -0.260. The molecule has 0 aromatic rings. The number of carbonyl (C=O) groups is 2. The number of ketones is 2. The van der Waals surface area contributed by atoms with Gasteiger partial charge in [0.2, 0.25) is 11.6 Å². The second kappa shape index (κ2) is 5.80. The Kier molecular flexibility index (Phi) is 5.02. The monoisotopic (exact) mass is 347 g/mol. The van der Waals surface area contributed by atoms with Gasteiger partial charge in [-0.25, -0.2) is 0 Å². The lowest BCUT2D eigenvalue weighted by Gasteiger charge is -2.24. The van der Waals surface area contributed by atoms with E-state index in [1.165, 1.54) is 7.05 Å². The van der Waals surface area contributed by atoms with Gasteiger partial charge in [0.15, 0.2) is 0 Å². The van der Waals surface area contributed by atoms with Gasteiger partial charge in [-0.3, -0.25) is 14.1 Å². The van der Waals surface area contributed by atoms with E-state index in [4.69, 9.17) is 39.4 Å². The van der Waals surface area contributed by atoms with Crippen LogP contribution in [0.15, 0.2) is 20.8 Å². The van der Waals surface area contributed by atoms with Crippen LogP contribution in [0.2, 0.25) is 0 Å². The predicted octanol–water partition coefficient (Wildman–Crippen LogP) is 1.10. The SMILES string of the molecule is CN(CCS(=O)(=O)O)C1=C(Cl)C(=O)C(Cl)=C(Cl)C1=O. The maximum Gasteiger partial charge on any atom is 0.266 e. The first-order chi connectivity index (χ1) is 8.56. The van der Waals surface area contributed by atoms with Crippen LogP contribution in [0.4, 0.5) is 0 Å². The quantitative estimate of drug-likeness (QED) is 0.604. The second-order valence-electron chi connectivity index (χ2n) is 3.66. The highest BCUT2D eigenvalue weighted by Crippen LogP contribution is 2.32. The molecule has 19 heavy (non-hydrogen) atoms. The minimum atomic E-state index is -4.21. The van der Waals surface area contributed by atoms with Crippen LogP contribution in [0, 0.1) is 0 Å². The Bertz CT molecular complexity index is 607. The van der Waals surface area contributed by atoms with Crippen LogP contribution in [0.25, 0.3) is 0 Å². The number of allylic oxidation sites excluding steroid dienone is 3. The lowest BCUT2D eigenvalue weighted by atomic mass is 10.1. The molecule has 0 spiro atoms. The highest BCUT2D eigenvalue weighted by Gasteiger charge is 2.34. The molecule has 0 fully saturated rings. The lowest BCUT2D eigenvalue weighted by molar-refractivity contribution is -0.116. The zero-order valence-electron chi connectivity index (χ0n) is 9.48. The van der Waals surface area contributed by atoms with Crippen LogP contribution >= 0.6 is 34.8 Å². The molecule has 0 saturated heterocycles. The zero-order chi connectivity index (χ0) is 15.0. The van der Waals surface area contributed by atoms with Crippen molar-refractivity contribution in [1.82, 2.24) is 4.90 Å². The van der Waals surface area contributed by atoms with Gasteiger partial charge in [-0.15, -0.1) is 0 Å². The van der Waals surface area contributed by atoms with Crippen molar-refractivity contribution < 1.29 is 22.6 Å². The zero-order valence-corrected chi connectivity index (χ0v) is 12.6. The first kappa shape index (κ1) is 16.5. The highest BCUT2D eigenvalue weighted by atomic mass is 35.5. The minimum absolute atomic E-state index is 0.245. The summed E-state index contributed by atoms with van der Waals surface area (Å²) in [6.45, 7) is -0.245. The van der Waals surface area contributed by atoms with Crippen molar-refractivity contribution in [1.29, 1.82) is 0 Å². The van der Waals surface area contributed by atoms with Gasteiger partial charge in [-0.1, -0.05) is 34.8 Å². The second-order valence-corrected chi connectivity index (χ2v) is 6.36. The van der Waals surface area contributed by atoms with Crippen molar-refractivity contribution in [3.63, 3.8) is 0 Å². The normalized spacial score (nSPS) is 17.3. The summed E-state index contributed by atoms with van der Waals surface area (Å²) in [5.74, 6) is -2.23. The van der Waals surface area contributed by atoms with Crippen LogP contribution in [0.1, 0.15) is 0 Å². The fraction of sp³-hybridized carbons (Fsp3) is 0.333. The fourth-order valence-corrected chi connectivity index (χ4v) is 2.55. The molecule has 0 amide bonds. The molecule has 6 nitrogen and oxygen atoms in total. The van der Waals surface area contributed by atoms with Crippen LogP contribution in [0.5, 0.6) is 0 Å². The summed E-state index contributed by atoms with van der Waals surface area (Å²) < 4.78 is 29.9. The molecule has 0 aliphatic heterocycles. The predicted molar refractivity (Wildman–Crippen MR) is 70.7 cm³/mol. The molecule has 0 heterocycles. The Morgan fingerprint density at radius 1 is 1.05 bits per heavy atom. The van der Waals surface area contributed by atoms with E-state index in [-0.39, 0.29) is 12.2 Å². The van der Waals surface area contributed by atoms with E-state index in [1.54, 1.807) is 0 Å². The van der Waals surface area contributed by atoms with E-state index in [9.17, 15) is 18.0 Å². The average molecular weight is 349 g/mol. The van der Waals surface area contributed by atoms with E-state index in [2.05, 4.69) is 0 Å². The number of halogens is 3. The van der Waals surface area contributed by atoms with Crippen molar-refractivity contribution in [2.75, 3.05) is 19.3 Å². The molecule has 0 atom stereocenters. The highest BCUT2D eigenvalue weighted by molar-refractivity contribution is 7.85. The van der Waals surface area contributed by atoms with Crippen molar-refractivity contribution in [3.8, 4) is 0 Å². The molecule has 1 N–H and O–H groups in total. The molecule has 0 aromatic carbocycles. The fourth-order valence-electron chi connectivity index (χ4n) is 1.31.